The molecule has 128 valence electrons. The summed E-state index contributed by atoms with van der Waals surface area (Å²) in [6, 6.07) is 5.52. The lowest BCUT2D eigenvalue weighted by Gasteiger charge is -2.22. The van der Waals surface area contributed by atoms with Crippen LogP contribution in [0, 0.1) is 11.6 Å². The van der Waals surface area contributed by atoms with Crippen molar-refractivity contribution in [2.45, 2.75) is 25.4 Å². The summed E-state index contributed by atoms with van der Waals surface area (Å²) in [7, 11) is 0. The summed E-state index contributed by atoms with van der Waals surface area (Å²) in [5, 5.41) is 6.49. The maximum Gasteiger partial charge on any atom is 0.273 e. The normalized spacial score (nSPS) is 13.8. The van der Waals surface area contributed by atoms with Crippen molar-refractivity contribution in [3.63, 3.8) is 0 Å². The highest BCUT2D eigenvalue weighted by Gasteiger charge is 2.34. The van der Waals surface area contributed by atoms with Crippen LogP contribution in [0.25, 0.3) is 10.6 Å². The predicted octanol–water partition coefficient (Wildman–Crippen LogP) is 4.95. The molecule has 0 bridgehead atoms. The van der Waals surface area contributed by atoms with Crippen LogP contribution in [-0.4, -0.2) is 21.8 Å². The fraction of sp³-hybridized carbons (Fsp3) is 0.222. The van der Waals surface area contributed by atoms with Crippen LogP contribution in [0.5, 0.6) is 0 Å². The van der Waals surface area contributed by atoms with Gasteiger partial charge in [0.1, 0.15) is 22.3 Å². The van der Waals surface area contributed by atoms with Crippen LogP contribution in [0.4, 0.5) is 8.78 Å². The maximum atomic E-state index is 14.0. The number of hydrogen-bond donors (Lipinski definition) is 0. The lowest BCUT2D eigenvalue weighted by molar-refractivity contribution is 0.0723. The van der Waals surface area contributed by atoms with E-state index in [1.807, 2.05) is 16.8 Å². The monoisotopic (exact) mass is 376 g/mol. The number of thiophene rings is 1. The fourth-order valence-corrected chi connectivity index (χ4v) is 4.13. The van der Waals surface area contributed by atoms with E-state index in [1.54, 1.807) is 21.6 Å². The molecule has 3 aromatic rings. The van der Waals surface area contributed by atoms with Crippen LogP contribution in [0.15, 0.2) is 40.4 Å². The minimum absolute atomic E-state index is 0.100. The molecule has 0 saturated heterocycles. The third kappa shape index (κ3) is 3.48. The van der Waals surface area contributed by atoms with E-state index in [4.69, 9.17) is 0 Å². The molecule has 0 atom stereocenters. The number of carbonyl (C=O) groups excluding carboxylic acids is 1. The van der Waals surface area contributed by atoms with Crippen molar-refractivity contribution in [3.8, 4) is 10.6 Å². The van der Waals surface area contributed by atoms with Gasteiger partial charge in [0.15, 0.2) is 0 Å². The quantitative estimate of drug-likeness (QED) is 0.631. The van der Waals surface area contributed by atoms with Gasteiger partial charge in [0.05, 0.1) is 0 Å². The molecule has 1 aliphatic rings. The molecule has 0 N–H and O–H groups in total. The minimum atomic E-state index is -0.629. The molecule has 4 rings (SSSR count). The van der Waals surface area contributed by atoms with Gasteiger partial charge in [-0.25, -0.2) is 13.8 Å². The van der Waals surface area contributed by atoms with E-state index < -0.39 is 11.6 Å². The summed E-state index contributed by atoms with van der Waals surface area (Å²) >= 11 is 3.00. The Morgan fingerprint density at radius 1 is 1.24 bits per heavy atom. The van der Waals surface area contributed by atoms with E-state index in [0.717, 1.165) is 29.5 Å². The Morgan fingerprint density at radius 3 is 2.76 bits per heavy atom. The summed E-state index contributed by atoms with van der Waals surface area (Å²) in [4.78, 5) is 19.0. The van der Waals surface area contributed by atoms with E-state index in [2.05, 4.69) is 4.98 Å². The van der Waals surface area contributed by atoms with Crippen molar-refractivity contribution in [3.05, 3.63) is 63.3 Å². The summed E-state index contributed by atoms with van der Waals surface area (Å²) in [5.41, 5.74) is 1.69. The lowest BCUT2D eigenvalue weighted by atomic mass is 10.2. The van der Waals surface area contributed by atoms with E-state index in [0.29, 0.717) is 11.3 Å². The second kappa shape index (κ2) is 6.65. The summed E-state index contributed by atoms with van der Waals surface area (Å²) < 4.78 is 27.0. The Labute approximate surface area is 151 Å². The van der Waals surface area contributed by atoms with Crippen LogP contribution in [0.1, 0.15) is 28.9 Å². The van der Waals surface area contributed by atoms with Gasteiger partial charge in [-0.2, -0.15) is 11.3 Å². The Balaban J connectivity index is 1.57. The van der Waals surface area contributed by atoms with Crippen molar-refractivity contribution in [1.29, 1.82) is 0 Å². The molecule has 0 unspecified atom stereocenters. The number of nitrogens with zero attached hydrogens (tertiary/aromatic N) is 2. The number of benzene rings is 1. The third-order valence-electron chi connectivity index (χ3n) is 4.10. The standard InChI is InChI=1S/C18H14F2N2OS2/c19-13-2-1-11(15(20)7-13)8-22(14-3-4-14)18(23)16-10-25-17(21-16)12-5-6-24-9-12/h1-2,5-7,9-10,14H,3-4,8H2. The van der Waals surface area contributed by atoms with Gasteiger partial charge in [-0.3, -0.25) is 4.79 Å². The smallest absolute Gasteiger partial charge is 0.273 e. The van der Waals surface area contributed by atoms with Gasteiger partial charge in [-0.15, -0.1) is 11.3 Å². The first-order valence-corrected chi connectivity index (χ1v) is 9.67. The zero-order chi connectivity index (χ0) is 17.4. The van der Waals surface area contributed by atoms with Gasteiger partial charge in [-0.1, -0.05) is 6.07 Å². The van der Waals surface area contributed by atoms with Gasteiger partial charge >= 0.3 is 0 Å². The molecule has 1 aromatic carbocycles. The van der Waals surface area contributed by atoms with Gasteiger partial charge in [0, 0.05) is 40.5 Å². The molecule has 25 heavy (non-hydrogen) atoms. The van der Waals surface area contributed by atoms with Crippen molar-refractivity contribution in [2.75, 3.05) is 0 Å². The molecule has 1 saturated carbocycles. The number of carbonyl (C=O) groups is 1. The molecule has 1 amide bonds. The number of halogens is 2. The molecule has 2 heterocycles. The van der Waals surface area contributed by atoms with Crippen LogP contribution in [0.3, 0.4) is 0 Å². The van der Waals surface area contributed by atoms with Gasteiger partial charge in [-0.05, 0) is 30.4 Å². The Bertz CT molecular complexity index is 904. The number of hydrogen-bond acceptors (Lipinski definition) is 4. The molecular weight excluding hydrogens is 362 g/mol. The van der Waals surface area contributed by atoms with Crippen LogP contribution < -0.4 is 0 Å². The summed E-state index contributed by atoms with van der Waals surface area (Å²) in [6.45, 7) is 0.126. The second-order valence-electron chi connectivity index (χ2n) is 5.95. The molecule has 0 radical (unpaired) electrons. The number of amides is 1. The number of aromatic nitrogens is 1. The molecule has 3 nitrogen and oxygen atoms in total. The molecule has 2 aromatic heterocycles. The van der Waals surface area contributed by atoms with Crippen molar-refractivity contribution < 1.29 is 13.6 Å². The molecule has 1 aliphatic carbocycles. The number of rotatable bonds is 5. The summed E-state index contributed by atoms with van der Waals surface area (Å²) in [6.07, 6.45) is 1.80. The molecule has 0 spiro atoms. The Morgan fingerprint density at radius 2 is 2.08 bits per heavy atom. The third-order valence-corrected chi connectivity index (χ3v) is 5.67. The number of thiazole rings is 1. The fourth-order valence-electron chi connectivity index (χ4n) is 2.62. The van der Waals surface area contributed by atoms with Gasteiger partial charge in [0.25, 0.3) is 5.91 Å². The minimum Gasteiger partial charge on any atom is -0.330 e. The first-order chi connectivity index (χ1) is 12.1. The lowest BCUT2D eigenvalue weighted by Crippen LogP contribution is -2.33. The predicted molar refractivity (Wildman–Crippen MR) is 94.7 cm³/mol. The molecular formula is C18H14F2N2OS2. The average molecular weight is 376 g/mol. The molecule has 0 aliphatic heterocycles. The first-order valence-electron chi connectivity index (χ1n) is 7.85. The highest BCUT2D eigenvalue weighted by Crippen LogP contribution is 2.32. The van der Waals surface area contributed by atoms with Crippen molar-refractivity contribution in [2.24, 2.45) is 0 Å². The zero-order valence-corrected chi connectivity index (χ0v) is 14.7. The Hall–Kier alpha value is -2.12. The zero-order valence-electron chi connectivity index (χ0n) is 13.1. The van der Waals surface area contributed by atoms with E-state index in [1.165, 1.54) is 23.5 Å². The van der Waals surface area contributed by atoms with E-state index in [-0.39, 0.29) is 18.5 Å². The largest absolute Gasteiger partial charge is 0.330 e. The van der Waals surface area contributed by atoms with Crippen LogP contribution in [-0.2, 0) is 6.54 Å². The first kappa shape index (κ1) is 16.4. The Kier molecular flexibility index (Phi) is 4.35. The van der Waals surface area contributed by atoms with Crippen molar-refractivity contribution >= 4 is 28.6 Å². The second-order valence-corrected chi connectivity index (χ2v) is 7.59. The molecule has 7 heteroatoms. The topological polar surface area (TPSA) is 33.2 Å². The summed E-state index contributed by atoms with van der Waals surface area (Å²) in [5.74, 6) is -1.45. The van der Waals surface area contributed by atoms with E-state index in [9.17, 15) is 13.6 Å². The maximum absolute atomic E-state index is 14.0. The van der Waals surface area contributed by atoms with Crippen molar-refractivity contribution in [1.82, 2.24) is 9.88 Å². The van der Waals surface area contributed by atoms with Crippen LogP contribution >= 0.6 is 22.7 Å². The highest BCUT2D eigenvalue weighted by molar-refractivity contribution is 7.14. The molecule has 1 fully saturated rings. The van der Waals surface area contributed by atoms with Gasteiger partial charge in [0.2, 0.25) is 0 Å². The van der Waals surface area contributed by atoms with E-state index >= 15 is 0 Å². The highest BCUT2D eigenvalue weighted by atomic mass is 32.1. The van der Waals surface area contributed by atoms with Crippen LogP contribution in [0.2, 0.25) is 0 Å². The van der Waals surface area contributed by atoms with Gasteiger partial charge < -0.3 is 4.90 Å². The average Bonchev–Trinajstić information content (AvgIpc) is 3.10. The SMILES string of the molecule is O=C(c1csc(-c2ccsc2)n1)N(Cc1ccc(F)cc1F)C1CC1.